The van der Waals surface area contributed by atoms with Crippen LogP contribution in [-0.4, -0.2) is 30.9 Å². The molecule has 0 spiro atoms. The molecule has 0 aliphatic carbocycles. The number of carbonyl (C=O) groups excluding carboxylic acids is 1. The summed E-state index contributed by atoms with van der Waals surface area (Å²) in [4.78, 5) is 14.9. The smallest absolute Gasteiger partial charge is 0.193 e. The molecule has 0 fully saturated rings. The Morgan fingerprint density at radius 2 is 1.68 bits per heavy atom. The molecular formula is C19H23NO2. The summed E-state index contributed by atoms with van der Waals surface area (Å²) in [7, 11) is 1.67. The molecule has 3 heteroatoms. The average molecular weight is 297 g/mol. The first kappa shape index (κ1) is 16.2. The standard InChI is InChI=1S/C19H23NO2/c1-4-20(5-2)14-17-13-16(11-12-18(17)22-3)19(21)15-9-7-6-8-10-15/h6-13H,4-5,14H2,1-3H3. The van der Waals surface area contributed by atoms with Gasteiger partial charge in [-0.25, -0.2) is 0 Å². The van der Waals surface area contributed by atoms with E-state index >= 15 is 0 Å². The third kappa shape index (κ3) is 3.74. The average Bonchev–Trinajstić information content (AvgIpc) is 2.59. The molecule has 0 saturated heterocycles. The van der Waals surface area contributed by atoms with Gasteiger partial charge in [0, 0.05) is 23.2 Å². The lowest BCUT2D eigenvalue weighted by molar-refractivity contribution is 0.103. The van der Waals surface area contributed by atoms with E-state index in [9.17, 15) is 4.79 Å². The number of ether oxygens (including phenoxy) is 1. The molecule has 0 aliphatic rings. The molecule has 22 heavy (non-hydrogen) atoms. The van der Waals surface area contributed by atoms with Crippen LogP contribution in [0.5, 0.6) is 5.75 Å². The zero-order chi connectivity index (χ0) is 15.9. The van der Waals surface area contributed by atoms with Gasteiger partial charge in [0.2, 0.25) is 0 Å². The first-order chi connectivity index (χ1) is 10.7. The van der Waals surface area contributed by atoms with Gasteiger partial charge in [-0.1, -0.05) is 44.2 Å². The van der Waals surface area contributed by atoms with Crippen LogP contribution in [0.25, 0.3) is 0 Å². The predicted octanol–water partition coefficient (Wildman–Crippen LogP) is 3.77. The fourth-order valence-corrected chi connectivity index (χ4v) is 2.49. The molecule has 0 unspecified atom stereocenters. The quantitative estimate of drug-likeness (QED) is 0.729. The van der Waals surface area contributed by atoms with Crippen molar-refractivity contribution in [2.75, 3.05) is 20.2 Å². The van der Waals surface area contributed by atoms with E-state index in [1.807, 2.05) is 48.5 Å². The van der Waals surface area contributed by atoms with Crippen molar-refractivity contribution in [3.63, 3.8) is 0 Å². The Labute approximate surface area is 132 Å². The van der Waals surface area contributed by atoms with E-state index in [0.717, 1.165) is 30.9 Å². The van der Waals surface area contributed by atoms with Crippen molar-refractivity contribution < 1.29 is 9.53 Å². The van der Waals surface area contributed by atoms with Gasteiger partial charge in [0.05, 0.1) is 7.11 Å². The van der Waals surface area contributed by atoms with Gasteiger partial charge in [-0.2, -0.15) is 0 Å². The van der Waals surface area contributed by atoms with Crippen LogP contribution in [0.2, 0.25) is 0 Å². The van der Waals surface area contributed by atoms with E-state index in [-0.39, 0.29) is 5.78 Å². The maximum Gasteiger partial charge on any atom is 0.193 e. The highest BCUT2D eigenvalue weighted by molar-refractivity contribution is 6.09. The Balaban J connectivity index is 2.32. The maximum atomic E-state index is 12.6. The summed E-state index contributed by atoms with van der Waals surface area (Å²) < 4.78 is 5.44. The van der Waals surface area contributed by atoms with Crippen molar-refractivity contribution in [1.29, 1.82) is 0 Å². The van der Waals surface area contributed by atoms with Crippen molar-refractivity contribution in [2.45, 2.75) is 20.4 Å². The van der Waals surface area contributed by atoms with Gasteiger partial charge in [0.1, 0.15) is 5.75 Å². The number of benzene rings is 2. The number of hydrogen-bond acceptors (Lipinski definition) is 3. The third-order valence-electron chi connectivity index (χ3n) is 3.87. The highest BCUT2D eigenvalue weighted by atomic mass is 16.5. The highest BCUT2D eigenvalue weighted by Crippen LogP contribution is 2.23. The molecular weight excluding hydrogens is 274 g/mol. The molecule has 0 heterocycles. The van der Waals surface area contributed by atoms with Gasteiger partial charge in [-0.05, 0) is 31.3 Å². The lowest BCUT2D eigenvalue weighted by Gasteiger charge is -2.20. The lowest BCUT2D eigenvalue weighted by Crippen LogP contribution is -2.22. The number of methoxy groups -OCH3 is 1. The minimum atomic E-state index is 0.0454. The molecule has 0 bridgehead atoms. The Hall–Kier alpha value is -2.13. The number of rotatable bonds is 7. The minimum absolute atomic E-state index is 0.0454. The van der Waals surface area contributed by atoms with Crippen molar-refractivity contribution in [1.82, 2.24) is 4.90 Å². The summed E-state index contributed by atoms with van der Waals surface area (Å²) in [6, 6.07) is 15.0. The SMILES string of the molecule is CCN(CC)Cc1cc(C(=O)c2ccccc2)ccc1OC. The normalized spacial score (nSPS) is 10.7. The van der Waals surface area contributed by atoms with Crippen LogP contribution < -0.4 is 4.74 Å². The zero-order valence-electron chi connectivity index (χ0n) is 13.5. The molecule has 3 nitrogen and oxygen atoms in total. The van der Waals surface area contributed by atoms with E-state index in [2.05, 4.69) is 18.7 Å². The van der Waals surface area contributed by atoms with Crippen molar-refractivity contribution >= 4 is 5.78 Å². The second-order valence-corrected chi connectivity index (χ2v) is 5.18. The van der Waals surface area contributed by atoms with Crippen LogP contribution in [-0.2, 0) is 6.54 Å². The number of carbonyl (C=O) groups is 1. The van der Waals surface area contributed by atoms with Crippen LogP contribution in [0.1, 0.15) is 35.3 Å². The van der Waals surface area contributed by atoms with E-state index in [1.165, 1.54) is 0 Å². The summed E-state index contributed by atoms with van der Waals surface area (Å²) in [6.45, 7) is 6.99. The first-order valence-corrected chi connectivity index (χ1v) is 7.68. The Kier molecular flexibility index (Phi) is 5.73. The first-order valence-electron chi connectivity index (χ1n) is 7.68. The fourth-order valence-electron chi connectivity index (χ4n) is 2.49. The Morgan fingerprint density at radius 1 is 1.00 bits per heavy atom. The molecule has 0 amide bonds. The minimum Gasteiger partial charge on any atom is -0.496 e. The summed E-state index contributed by atoms with van der Waals surface area (Å²) in [5, 5.41) is 0. The predicted molar refractivity (Wildman–Crippen MR) is 89.5 cm³/mol. The van der Waals surface area contributed by atoms with Gasteiger partial charge in [-0.15, -0.1) is 0 Å². The Morgan fingerprint density at radius 3 is 2.27 bits per heavy atom. The second kappa shape index (κ2) is 7.76. The van der Waals surface area contributed by atoms with Crippen molar-refractivity contribution in [3.05, 3.63) is 65.2 Å². The molecule has 0 saturated carbocycles. The number of nitrogens with zero attached hydrogens (tertiary/aromatic N) is 1. The highest BCUT2D eigenvalue weighted by Gasteiger charge is 2.13. The van der Waals surface area contributed by atoms with Crippen LogP contribution in [0.3, 0.4) is 0 Å². The monoisotopic (exact) mass is 297 g/mol. The van der Waals surface area contributed by atoms with Crippen LogP contribution in [0.4, 0.5) is 0 Å². The third-order valence-corrected chi connectivity index (χ3v) is 3.87. The molecule has 0 N–H and O–H groups in total. The van der Waals surface area contributed by atoms with Gasteiger partial charge >= 0.3 is 0 Å². The molecule has 116 valence electrons. The summed E-state index contributed by atoms with van der Waals surface area (Å²) in [5.74, 6) is 0.876. The van der Waals surface area contributed by atoms with Crippen LogP contribution >= 0.6 is 0 Å². The van der Waals surface area contributed by atoms with Crippen LogP contribution in [0.15, 0.2) is 48.5 Å². The maximum absolute atomic E-state index is 12.6. The van der Waals surface area contributed by atoms with Gasteiger partial charge in [-0.3, -0.25) is 9.69 Å². The summed E-state index contributed by atoms with van der Waals surface area (Å²) in [5.41, 5.74) is 2.46. The number of hydrogen-bond donors (Lipinski definition) is 0. The van der Waals surface area contributed by atoms with Gasteiger partial charge in [0.25, 0.3) is 0 Å². The second-order valence-electron chi connectivity index (χ2n) is 5.18. The molecule has 0 atom stereocenters. The summed E-state index contributed by atoms with van der Waals surface area (Å²) in [6.07, 6.45) is 0. The Bertz CT molecular complexity index is 619. The molecule has 0 aliphatic heterocycles. The largest absolute Gasteiger partial charge is 0.496 e. The number of ketones is 1. The topological polar surface area (TPSA) is 29.5 Å². The van der Waals surface area contributed by atoms with E-state index in [4.69, 9.17) is 4.74 Å². The molecule has 2 rings (SSSR count). The van der Waals surface area contributed by atoms with E-state index in [1.54, 1.807) is 7.11 Å². The van der Waals surface area contributed by atoms with Gasteiger partial charge in [0.15, 0.2) is 5.78 Å². The zero-order valence-corrected chi connectivity index (χ0v) is 13.5. The molecule has 2 aromatic rings. The van der Waals surface area contributed by atoms with Crippen molar-refractivity contribution in [3.8, 4) is 5.75 Å². The lowest BCUT2D eigenvalue weighted by atomic mass is 10.0. The fraction of sp³-hybridized carbons (Fsp3) is 0.316. The van der Waals surface area contributed by atoms with Crippen molar-refractivity contribution in [2.24, 2.45) is 0 Å². The van der Waals surface area contributed by atoms with E-state index in [0.29, 0.717) is 11.1 Å². The molecule has 0 aromatic heterocycles. The molecule has 0 radical (unpaired) electrons. The van der Waals surface area contributed by atoms with Crippen LogP contribution in [0, 0.1) is 0 Å². The van der Waals surface area contributed by atoms with Gasteiger partial charge < -0.3 is 4.74 Å². The van der Waals surface area contributed by atoms with E-state index < -0.39 is 0 Å². The molecule has 2 aromatic carbocycles. The summed E-state index contributed by atoms with van der Waals surface area (Å²) >= 11 is 0.